The van der Waals surface area contributed by atoms with E-state index in [-0.39, 0.29) is 23.4 Å². The number of allylic oxidation sites excluding steroid dienone is 2. The molecule has 0 saturated carbocycles. The number of hydrogen-bond acceptors (Lipinski definition) is 9. The summed E-state index contributed by atoms with van der Waals surface area (Å²) in [6.45, 7) is 0. The number of esters is 2. The average Bonchev–Trinajstić information content (AvgIpc) is 3.00. The van der Waals surface area contributed by atoms with Gasteiger partial charge in [0.05, 0.1) is 38.5 Å². The minimum absolute atomic E-state index is 0.0205. The Morgan fingerprint density at radius 1 is 1.00 bits per heavy atom. The van der Waals surface area contributed by atoms with Crippen LogP contribution in [-0.2, 0) is 23.9 Å². The van der Waals surface area contributed by atoms with Crippen molar-refractivity contribution >= 4 is 23.4 Å². The number of Topliss-reactive ketones (excluding diaryl/α,β-unsaturated/α-hetero) is 1. The van der Waals surface area contributed by atoms with Gasteiger partial charge in [-0.15, -0.1) is 0 Å². The van der Waals surface area contributed by atoms with Gasteiger partial charge in [0.2, 0.25) is 0 Å². The van der Waals surface area contributed by atoms with Crippen LogP contribution in [0.5, 0.6) is 5.75 Å². The van der Waals surface area contributed by atoms with E-state index in [0.717, 1.165) is 0 Å². The summed E-state index contributed by atoms with van der Waals surface area (Å²) < 4.78 is 30.0. The summed E-state index contributed by atoms with van der Waals surface area (Å²) in [6.07, 6.45) is 3.24. The van der Waals surface area contributed by atoms with Crippen molar-refractivity contribution in [3.63, 3.8) is 0 Å². The number of rotatable bonds is 6. The fourth-order valence-corrected chi connectivity index (χ4v) is 5.69. The van der Waals surface area contributed by atoms with Crippen LogP contribution in [0.25, 0.3) is 0 Å². The van der Waals surface area contributed by atoms with Crippen LogP contribution in [0.2, 0.25) is 0 Å². The summed E-state index contributed by atoms with van der Waals surface area (Å²) in [7, 11) is 3.97. The number of anilines is 1. The molecule has 0 spiro atoms. The smallest absolute Gasteiger partial charge is 0.338 e. The number of carbonyl (C=O) groups is 3. The molecule has 0 fully saturated rings. The lowest BCUT2D eigenvalue weighted by molar-refractivity contribution is -0.150. The number of halogens is 1. The number of pyridine rings is 1. The van der Waals surface area contributed by atoms with Crippen LogP contribution >= 0.6 is 0 Å². The van der Waals surface area contributed by atoms with E-state index in [4.69, 9.17) is 19.9 Å². The second kappa shape index (κ2) is 11.2. The molecule has 0 bridgehead atoms. The summed E-state index contributed by atoms with van der Waals surface area (Å²) in [5.74, 6) is -4.85. The molecule has 3 aromatic rings. The van der Waals surface area contributed by atoms with Gasteiger partial charge in [-0.1, -0.05) is 24.3 Å². The largest absolute Gasteiger partial charge is 0.497 e. The predicted octanol–water partition coefficient (Wildman–Crippen LogP) is 3.98. The second-order valence-corrected chi connectivity index (χ2v) is 9.63. The third-order valence-electron chi connectivity index (χ3n) is 7.53. The minimum atomic E-state index is -1.22. The maximum atomic E-state index is 14.5. The number of nitrogens with zero attached hydrogens (tertiary/aromatic N) is 2. The minimum Gasteiger partial charge on any atom is -0.497 e. The molecule has 41 heavy (non-hydrogen) atoms. The lowest BCUT2D eigenvalue weighted by Gasteiger charge is -2.44. The molecule has 2 aromatic carbocycles. The number of ether oxygens (including phenoxy) is 3. The van der Waals surface area contributed by atoms with E-state index >= 15 is 0 Å². The maximum absolute atomic E-state index is 14.5. The van der Waals surface area contributed by atoms with Crippen LogP contribution in [0.4, 0.5) is 10.1 Å². The molecule has 1 aliphatic carbocycles. The van der Waals surface area contributed by atoms with Crippen molar-refractivity contribution in [3.05, 3.63) is 113 Å². The van der Waals surface area contributed by atoms with Crippen LogP contribution in [0.1, 0.15) is 29.4 Å². The Bertz CT molecular complexity index is 1570. The molecule has 2 heterocycles. The molecule has 210 valence electrons. The lowest BCUT2D eigenvalue weighted by Crippen LogP contribution is -2.46. The predicted molar refractivity (Wildman–Crippen MR) is 147 cm³/mol. The van der Waals surface area contributed by atoms with E-state index in [9.17, 15) is 18.8 Å². The first-order valence-corrected chi connectivity index (χ1v) is 12.8. The number of nitrogens with two attached hydrogens (primary N) is 1. The van der Waals surface area contributed by atoms with Gasteiger partial charge in [0, 0.05) is 29.6 Å². The van der Waals surface area contributed by atoms with Crippen molar-refractivity contribution in [2.75, 3.05) is 26.2 Å². The molecule has 9 nitrogen and oxygen atoms in total. The maximum Gasteiger partial charge on any atom is 0.338 e. The SMILES string of the molecule is COC(=O)C1=C(N)N(c2cccc(F)c2)C2=C(C(=O)[C@H](C(=O)OC)[C@@H](c3ccc(OC)cc3)C2)[C@H]1c1cccnc1. The van der Waals surface area contributed by atoms with E-state index in [1.54, 1.807) is 55.8 Å². The zero-order chi connectivity index (χ0) is 29.3. The Morgan fingerprint density at radius 2 is 1.76 bits per heavy atom. The van der Waals surface area contributed by atoms with Crippen molar-refractivity contribution in [1.82, 2.24) is 4.98 Å². The Balaban J connectivity index is 1.81. The summed E-state index contributed by atoms with van der Waals surface area (Å²) in [4.78, 5) is 46.8. The highest BCUT2D eigenvalue weighted by molar-refractivity contribution is 6.14. The van der Waals surface area contributed by atoms with E-state index in [1.807, 2.05) is 0 Å². The van der Waals surface area contributed by atoms with E-state index in [2.05, 4.69) is 4.98 Å². The van der Waals surface area contributed by atoms with E-state index in [0.29, 0.717) is 28.3 Å². The summed E-state index contributed by atoms with van der Waals surface area (Å²) in [5.41, 5.74) is 8.78. The first kappa shape index (κ1) is 27.6. The first-order chi connectivity index (χ1) is 19.8. The van der Waals surface area contributed by atoms with Crippen LogP contribution in [0.3, 0.4) is 0 Å². The van der Waals surface area contributed by atoms with Crippen LogP contribution < -0.4 is 15.4 Å². The molecule has 2 aliphatic rings. The third kappa shape index (κ3) is 4.82. The average molecular weight is 558 g/mol. The molecule has 1 aromatic heterocycles. The van der Waals surface area contributed by atoms with Gasteiger partial charge in [0.1, 0.15) is 23.3 Å². The Hall–Kier alpha value is -4.99. The molecule has 0 unspecified atom stereocenters. The summed E-state index contributed by atoms with van der Waals surface area (Å²) in [6, 6.07) is 16.1. The molecular formula is C31H28FN3O6. The number of ketones is 1. The second-order valence-electron chi connectivity index (χ2n) is 9.63. The number of aromatic nitrogens is 1. The van der Waals surface area contributed by atoms with E-state index < -0.39 is 41.3 Å². The fourth-order valence-electron chi connectivity index (χ4n) is 5.69. The Kier molecular flexibility index (Phi) is 7.56. The van der Waals surface area contributed by atoms with Crippen molar-refractivity contribution < 1.29 is 33.0 Å². The normalized spacial score (nSPS) is 20.4. The third-order valence-corrected chi connectivity index (χ3v) is 7.53. The molecule has 0 amide bonds. The van der Waals surface area contributed by atoms with Crippen molar-refractivity contribution in [3.8, 4) is 5.75 Å². The molecule has 2 N–H and O–H groups in total. The number of carbonyl (C=O) groups excluding carboxylic acids is 3. The van der Waals surface area contributed by atoms with Gasteiger partial charge >= 0.3 is 11.9 Å². The number of methoxy groups -OCH3 is 3. The molecule has 1 aliphatic heterocycles. The van der Waals surface area contributed by atoms with Gasteiger partial charge in [-0.3, -0.25) is 19.5 Å². The standard InChI is InChI=1S/C31H28FN3O6/c1-39-21-11-9-17(10-12-21)22-15-23-26(28(36)25(22)30(37)40-2)24(18-6-5-13-34-16-18)27(31(38)41-3)29(33)35(23)20-8-4-7-19(32)14-20/h4-14,16,22,24-25H,15,33H2,1-3H3/t22-,24-,25-/m1/s1. The molecule has 5 rings (SSSR count). The van der Waals surface area contributed by atoms with Gasteiger partial charge in [0.15, 0.2) is 5.78 Å². The number of benzene rings is 2. The highest BCUT2D eigenvalue weighted by atomic mass is 19.1. The monoisotopic (exact) mass is 557 g/mol. The topological polar surface area (TPSA) is 121 Å². The molecule has 10 heteroatoms. The van der Waals surface area contributed by atoms with Gasteiger partial charge < -0.3 is 19.9 Å². The van der Waals surface area contributed by atoms with Crippen molar-refractivity contribution in [2.24, 2.45) is 11.7 Å². The van der Waals surface area contributed by atoms with Gasteiger partial charge in [-0.25, -0.2) is 9.18 Å². The van der Waals surface area contributed by atoms with Gasteiger partial charge in [0.25, 0.3) is 0 Å². The molecule has 0 saturated heterocycles. The lowest BCUT2D eigenvalue weighted by atomic mass is 9.67. The van der Waals surface area contributed by atoms with E-state index in [1.165, 1.54) is 43.5 Å². The van der Waals surface area contributed by atoms with Crippen molar-refractivity contribution in [2.45, 2.75) is 18.3 Å². The quantitative estimate of drug-likeness (QED) is 0.354. The molecule has 0 radical (unpaired) electrons. The first-order valence-electron chi connectivity index (χ1n) is 12.8. The molecular weight excluding hydrogens is 529 g/mol. The Labute approximate surface area is 236 Å². The zero-order valence-electron chi connectivity index (χ0n) is 22.7. The Morgan fingerprint density at radius 3 is 2.37 bits per heavy atom. The zero-order valence-corrected chi connectivity index (χ0v) is 22.7. The van der Waals surface area contributed by atoms with Crippen LogP contribution in [0.15, 0.2) is 95.7 Å². The highest BCUT2D eigenvalue weighted by Crippen LogP contribution is 2.51. The number of hydrogen-bond donors (Lipinski definition) is 1. The van der Waals surface area contributed by atoms with Crippen LogP contribution in [0, 0.1) is 11.7 Å². The summed E-state index contributed by atoms with van der Waals surface area (Å²) >= 11 is 0. The summed E-state index contributed by atoms with van der Waals surface area (Å²) in [5, 5.41) is 0. The highest BCUT2D eigenvalue weighted by Gasteiger charge is 2.51. The molecule has 3 atom stereocenters. The van der Waals surface area contributed by atoms with Gasteiger partial charge in [-0.2, -0.15) is 0 Å². The van der Waals surface area contributed by atoms with Crippen LogP contribution in [-0.4, -0.2) is 44.0 Å². The van der Waals surface area contributed by atoms with Gasteiger partial charge in [-0.05, 0) is 53.9 Å². The fraction of sp³-hybridized carbons (Fsp3) is 0.226. The van der Waals surface area contributed by atoms with Crippen molar-refractivity contribution in [1.29, 1.82) is 0 Å².